The fourth-order valence-corrected chi connectivity index (χ4v) is 11.0. The summed E-state index contributed by atoms with van der Waals surface area (Å²) in [5.74, 6) is -0.811. The van der Waals surface area contributed by atoms with Gasteiger partial charge in [0.1, 0.15) is 19.8 Å². The number of carbonyl (C=O) groups is 2. The quantitative estimate of drug-likeness (QED) is 0.0195. The van der Waals surface area contributed by atoms with Gasteiger partial charge in [-0.3, -0.25) is 14.2 Å². The molecule has 0 heterocycles. The molecular formula is C67H132NO8P. The van der Waals surface area contributed by atoms with Gasteiger partial charge in [0.05, 0.1) is 27.7 Å². The zero-order valence-corrected chi connectivity index (χ0v) is 53.1. The molecule has 0 rings (SSSR count). The van der Waals surface area contributed by atoms with Gasteiger partial charge in [-0.05, 0) is 38.5 Å². The van der Waals surface area contributed by atoms with Crippen molar-refractivity contribution in [3.8, 4) is 0 Å². The molecule has 77 heavy (non-hydrogen) atoms. The summed E-state index contributed by atoms with van der Waals surface area (Å²) < 4.78 is 34.2. The van der Waals surface area contributed by atoms with Crippen LogP contribution in [0.25, 0.3) is 0 Å². The molecule has 10 heteroatoms. The number of phosphoric acid groups is 1. The smallest absolute Gasteiger partial charge is 0.306 e. The van der Waals surface area contributed by atoms with Crippen LogP contribution in [0.3, 0.4) is 0 Å². The molecule has 0 aliphatic heterocycles. The van der Waals surface area contributed by atoms with Gasteiger partial charge in [-0.15, -0.1) is 0 Å². The lowest BCUT2D eigenvalue weighted by molar-refractivity contribution is -0.870. The third-order valence-electron chi connectivity index (χ3n) is 15.5. The highest BCUT2D eigenvalue weighted by Crippen LogP contribution is 2.38. The molecule has 9 nitrogen and oxygen atoms in total. The summed E-state index contributed by atoms with van der Waals surface area (Å²) in [5.41, 5.74) is 0. The summed E-state index contributed by atoms with van der Waals surface area (Å²) in [4.78, 5) is 37.9. The standard InChI is InChI=1S/C67H132NO8P/c1-6-8-10-12-14-16-18-20-22-23-24-25-26-27-28-29-30-31-32-33-34-35-36-37-38-39-40-41-42-43-44-45-46-48-50-52-54-56-58-60-67(70)76-65(64-75-77(71,72)74-62-61-68(3,4)5)63-73-66(69)59-57-55-53-51-49-47-21-19-17-15-13-11-9-7-2/h23-24,65H,6-22,25-64H2,1-5H3/b24-23-. The fourth-order valence-electron chi connectivity index (χ4n) is 10.3. The molecule has 0 aliphatic carbocycles. The first-order valence-corrected chi connectivity index (χ1v) is 35.4. The van der Waals surface area contributed by atoms with Crippen molar-refractivity contribution < 1.29 is 42.1 Å². The van der Waals surface area contributed by atoms with E-state index in [0.29, 0.717) is 17.4 Å². The molecule has 0 amide bonds. The number of carbonyl (C=O) groups excluding carboxylic acids is 2. The summed E-state index contributed by atoms with van der Waals surface area (Å²) in [6, 6.07) is 0. The van der Waals surface area contributed by atoms with Crippen molar-refractivity contribution in [1.82, 2.24) is 0 Å². The average molecular weight is 1110 g/mol. The SMILES string of the molecule is CCCCCCCCCC/C=C\CCCCCCCCCCCCCCCCCCCCCCCCCCCCCC(=O)OC(COC(=O)CCCCCCCCCCCCCCCC)COP(=O)([O-])OCC[N+](C)(C)C. The van der Waals surface area contributed by atoms with Crippen molar-refractivity contribution >= 4 is 19.8 Å². The number of quaternary nitrogens is 1. The van der Waals surface area contributed by atoms with E-state index < -0.39 is 26.5 Å². The molecule has 0 aromatic heterocycles. The zero-order valence-electron chi connectivity index (χ0n) is 52.2. The van der Waals surface area contributed by atoms with Crippen molar-refractivity contribution in [2.45, 2.75) is 360 Å². The minimum absolute atomic E-state index is 0.0258. The van der Waals surface area contributed by atoms with Gasteiger partial charge in [0.15, 0.2) is 6.10 Å². The number of phosphoric ester groups is 1. The van der Waals surface area contributed by atoms with Gasteiger partial charge >= 0.3 is 11.9 Å². The van der Waals surface area contributed by atoms with Crippen molar-refractivity contribution in [2.75, 3.05) is 47.5 Å². The average Bonchev–Trinajstić information content (AvgIpc) is 3.39. The van der Waals surface area contributed by atoms with E-state index in [1.165, 1.54) is 289 Å². The minimum atomic E-state index is -4.63. The van der Waals surface area contributed by atoms with Gasteiger partial charge in [0.2, 0.25) is 0 Å². The Kier molecular flexibility index (Phi) is 58.4. The van der Waals surface area contributed by atoms with E-state index in [0.717, 1.165) is 32.1 Å². The topological polar surface area (TPSA) is 111 Å². The molecular weight excluding hydrogens is 978 g/mol. The summed E-state index contributed by atoms with van der Waals surface area (Å²) in [6.07, 6.45) is 71.7. The molecule has 0 aromatic rings. The monoisotopic (exact) mass is 1110 g/mol. The first kappa shape index (κ1) is 75.8. The molecule has 458 valence electrons. The number of ether oxygens (including phenoxy) is 2. The second-order valence-electron chi connectivity index (χ2n) is 24.6. The number of nitrogens with zero attached hydrogens (tertiary/aromatic N) is 1. The molecule has 0 bridgehead atoms. The minimum Gasteiger partial charge on any atom is -0.756 e. The molecule has 0 fully saturated rings. The normalized spacial score (nSPS) is 13.2. The third-order valence-corrected chi connectivity index (χ3v) is 16.5. The number of allylic oxidation sites excluding steroid dienone is 2. The Bertz CT molecular complexity index is 1300. The van der Waals surface area contributed by atoms with E-state index in [1.54, 1.807) is 0 Å². The van der Waals surface area contributed by atoms with Crippen LogP contribution in [-0.2, 0) is 32.7 Å². The summed E-state index contributed by atoms with van der Waals surface area (Å²) >= 11 is 0. The van der Waals surface area contributed by atoms with Crippen LogP contribution in [0.4, 0.5) is 0 Å². The van der Waals surface area contributed by atoms with Crippen LogP contribution in [0.2, 0.25) is 0 Å². The van der Waals surface area contributed by atoms with E-state index in [2.05, 4.69) is 26.0 Å². The summed E-state index contributed by atoms with van der Waals surface area (Å²) in [6.45, 7) is 4.30. The Balaban J connectivity index is 3.84. The largest absolute Gasteiger partial charge is 0.756 e. The number of esters is 2. The molecule has 0 radical (unpaired) electrons. The Morgan fingerprint density at radius 2 is 0.662 bits per heavy atom. The lowest BCUT2D eigenvalue weighted by Crippen LogP contribution is -2.37. The van der Waals surface area contributed by atoms with Crippen LogP contribution < -0.4 is 4.89 Å². The van der Waals surface area contributed by atoms with Crippen LogP contribution in [0, 0.1) is 0 Å². The van der Waals surface area contributed by atoms with Crippen LogP contribution in [0.5, 0.6) is 0 Å². The number of likely N-dealkylation sites (N-methyl/N-ethyl adjacent to an activating group) is 1. The van der Waals surface area contributed by atoms with E-state index in [9.17, 15) is 19.0 Å². The second kappa shape index (κ2) is 59.4. The molecule has 0 N–H and O–H groups in total. The maximum Gasteiger partial charge on any atom is 0.306 e. The van der Waals surface area contributed by atoms with Crippen molar-refractivity contribution in [3.05, 3.63) is 12.2 Å². The van der Waals surface area contributed by atoms with Crippen LogP contribution in [0.1, 0.15) is 354 Å². The van der Waals surface area contributed by atoms with Crippen LogP contribution in [0.15, 0.2) is 12.2 Å². The predicted molar refractivity (Wildman–Crippen MR) is 328 cm³/mol. The van der Waals surface area contributed by atoms with Crippen LogP contribution in [-0.4, -0.2) is 70.0 Å². The Hall–Kier alpha value is -1.25. The Labute approximate surface area is 479 Å². The second-order valence-corrected chi connectivity index (χ2v) is 26.0. The number of hydrogen-bond donors (Lipinski definition) is 0. The third kappa shape index (κ3) is 63.8. The van der Waals surface area contributed by atoms with E-state index in [-0.39, 0.29) is 32.0 Å². The highest BCUT2D eigenvalue weighted by molar-refractivity contribution is 7.45. The highest BCUT2D eigenvalue weighted by Gasteiger charge is 2.22. The molecule has 0 spiro atoms. The molecule has 2 unspecified atom stereocenters. The zero-order chi connectivity index (χ0) is 56.3. The molecule has 0 aliphatic rings. The summed E-state index contributed by atoms with van der Waals surface area (Å²) in [7, 11) is 1.19. The Morgan fingerprint density at radius 1 is 0.390 bits per heavy atom. The molecule has 0 saturated carbocycles. The van der Waals surface area contributed by atoms with E-state index in [1.807, 2.05) is 21.1 Å². The highest BCUT2D eigenvalue weighted by atomic mass is 31.2. The van der Waals surface area contributed by atoms with Crippen molar-refractivity contribution in [3.63, 3.8) is 0 Å². The predicted octanol–water partition coefficient (Wildman–Crippen LogP) is 20.9. The fraction of sp³-hybridized carbons (Fsp3) is 0.940. The van der Waals surface area contributed by atoms with Crippen LogP contribution >= 0.6 is 7.82 Å². The summed E-state index contributed by atoms with van der Waals surface area (Å²) in [5, 5.41) is 0. The molecule has 0 saturated heterocycles. The van der Waals surface area contributed by atoms with Gasteiger partial charge in [-0.1, -0.05) is 315 Å². The van der Waals surface area contributed by atoms with Crippen molar-refractivity contribution in [2.24, 2.45) is 0 Å². The van der Waals surface area contributed by atoms with Gasteiger partial charge in [-0.2, -0.15) is 0 Å². The van der Waals surface area contributed by atoms with E-state index >= 15 is 0 Å². The van der Waals surface area contributed by atoms with Gasteiger partial charge in [-0.25, -0.2) is 0 Å². The van der Waals surface area contributed by atoms with Gasteiger partial charge in [0.25, 0.3) is 7.82 Å². The number of unbranched alkanes of at least 4 members (excludes halogenated alkanes) is 48. The van der Waals surface area contributed by atoms with Crippen molar-refractivity contribution in [1.29, 1.82) is 0 Å². The molecule has 2 atom stereocenters. The lowest BCUT2D eigenvalue weighted by atomic mass is 10.0. The van der Waals surface area contributed by atoms with Gasteiger partial charge in [0, 0.05) is 12.8 Å². The Morgan fingerprint density at radius 3 is 0.961 bits per heavy atom. The number of hydrogen-bond acceptors (Lipinski definition) is 8. The molecule has 0 aromatic carbocycles. The van der Waals surface area contributed by atoms with E-state index in [4.69, 9.17) is 18.5 Å². The first-order chi connectivity index (χ1) is 37.5. The van der Waals surface area contributed by atoms with Gasteiger partial charge < -0.3 is 27.9 Å². The maximum absolute atomic E-state index is 12.8. The number of rotatable bonds is 64. The maximum atomic E-state index is 12.8. The first-order valence-electron chi connectivity index (χ1n) is 33.9. The lowest BCUT2D eigenvalue weighted by Gasteiger charge is -2.28.